The van der Waals surface area contributed by atoms with Crippen LogP contribution in [0, 0.1) is 11.3 Å². The Labute approximate surface area is 134 Å². The van der Waals surface area contributed by atoms with Crippen LogP contribution in [0.4, 0.5) is 0 Å². The Hall–Kier alpha value is -3.13. The van der Waals surface area contributed by atoms with Crippen LogP contribution in [0.1, 0.15) is 17.8 Å². The molecule has 0 radical (unpaired) electrons. The summed E-state index contributed by atoms with van der Waals surface area (Å²) in [5.41, 5.74) is 6.87. The van der Waals surface area contributed by atoms with Crippen molar-refractivity contribution < 1.29 is 0 Å². The van der Waals surface area contributed by atoms with Gasteiger partial charge < -0.3 is 10.4 Å². The number of nitriles is 1. The second-order valence-electron chi connectivity index (χ2n) is 5.12. The third kappa shape index (κ3) is 3.74. The van der Waals surface area contributed by atoms with Crippen LogP contribution in [0.25, 0.3) is 11.0 Å². The molecule has 0 unspecified atom stereocenters. The van der Waals surface area contributed by atoms with Crippen LogP contribution >= 0.6 is 0 Å². The number of benzene rings is 2. The number of hydrazone groups is 1. The van der Waals surface area contributed by atoms with Crippen LogP contribution in [0.3, 0.4) is 0 Å². The number of hydrogen-bond donors (Lipinski definition) is 2. The van der Waals surface area contributed by atoms with Crippen molar-refractivity contribution in [1.29, 1.82) is 5.26 Å². The van der Waals surface area contributed by atoms with Gasteiger partial charge in [-0.15, -0.1) is 0 Å². The molecule has 114 valence electrons. The molecule has 0 saturated carbocycles. The quantitative estimate of drug-likeness (QED) is 0.417. The van der Waals surface area contributed by atoms with Gasteiger partial charge in [0, 0.05) is 6.54 Å². The summed E-state index contributed by atoms with van der Waals surface area (Å²) in [7, 11) is 0. The second kappa shape index (κ2) is 7.23. The molecular formula is C18H17N5. The molecule has 5 heteroatoms. The van der Waals surface area contributed by atoms with Crippen molar-refractivity contribution in [3.63, 3.8) is 0 Å². The smallest absolute Gasteiger partial charge is 0.113 e. The van der Waals surface area contributed by atoms with E-state index in [1.807, 2.05) is 54.6 Å². The fourth-order valence-corrected chi connectivity index (χ4v) is 2.35. The van der Waals surface area contributed by atoms with E-state index in [9.17, 15) is 0 Å². The number of hydrogen-bond acceptors (Lipinski definition) is 4. The lowest BCUT2D eigenvalue weighted by molar-refractivity contribution is 0.744. The van der Waals surface area contributed by atoms with Gasteiger partial charge in [-0.3, -0.25) is 0 Å². The number of nitrogens with one attached hydrogen (secondary N) is 2. The maximum atomic E-state index is 8.61. The highest BCUT2D eigenvalue weighted by Gasteiger charge is 2.09. The molecule has 3 rings (SSSR count). The van der Waals surface area contributed by atoms with Crippen molar-refractivity contribution >= 4 is 16.7 Å². The first-order chi connectivity index (χ1) is 11.4. The van der Waals surface area contributed by atoms with Crippen molar-refractivity contribution in [1.82, 2.24) is 15.4 Å². The molecule has 2 aromatic carbocycles. The van der Waals surface area contributed by atoms with Gasteiger partial charge >= 0.3 is 0 Å². The highest BCUT2D eigenvalue weighted by Crippen LogP contribution is 2.12. The molecule has 1 heterocycles. The van der Waals surface area contributed by atoms with E-state index in [-0.39, 0.29) is 0 Å². The van der Waals surface area contributed by atoms with Crippen LogP contribution in [-0.4, -0.2) is 22.2 Å². The largest absolute Gasteiger partial charge is 0.342 e. The number of aromatic amines is 1. The molecule has 1 aromatic heterocycles. The van der Waals surface area contributed by atoms with Gasteiger partial charge in [-0.2, -0.15) is 10.4 Å². The lowest BCUT2D eigenvalue weighted by Gasteiger charge is -2.06. The number of nitrogens with zero attached hydrogens (tertiary/aromatic N) is 3. The van der Waals surface area contributed by atoms with Gasteiger partial charge in [-0.05, 0) is 17.7 Å². The lowest BCUT2D eigenvalue weighted by atomic mass is 10.1. The molecule has 5 nitrogen and oxygen atoms in total. The van der Waals surface area contributed by atoms with Crippen LogP contribution in [0.2, 0.25) is 0 Å². The first-order valence-corrected chi connectivity index (χ1v) is 7.52. The number of rotatable bonds is 6. The standard InChI is InChI=1S/C18H17N5/c19-11-6-12-20-23-17(14-7-2-1-3-8-14)13-18-21-15-9-4-5-10-16(15)22-18/h1-5,7-10,20H,6,12-13H2,(H,21,22)/b23-17-. The highest BCUT2D eigenvalue weighted by molar-refractivity contribution is 6.01. The van der Waals surface area contributed by atoms with Crippen molar-refractivity contribution in [3.8, 4) is 6.07 Å². The molecule has 0 spiro atoms. The average molecular weight is 303 g/mol. The van der Waals surface area contributed by atoms with E-state index in [1.165, 1.54) is 0 Å². The van der Waals surface area contributed by atoms with Gasteiger partial charge in [0.1, 0.15) is 5.82 Å². The SMILES string of the molecule is N#CCCN/N=C(/Cc1nc2ccccc2[nH]1)c1ccccc1. The summed E-state index contributed by atoms with van der Waals surface area (Å²) < 4.78 is 0. The molecule has 0 bridgehead atoms. The predicted molar refractivity (Wildman–Crippen MR) is 91.0 cm³/mol. The molecule has 0 aliphatic rings. The number of H-pyrrole nitrogens is 1. The Kier molecular flexibility index (Phi) is 4.65. The van der Waals surface area contributed by atoms with Crippen LogP contribution in [-0.2, 0) is 6.42 Å². The van der Waals surface area contributed by atoms with E-state index in [4.69, 9.17) is 5.26 Å². The number of fused-ring (bicyclic) bond motifs is 1. The minimum Gasteiger partial charge on any atom is -0.342 e. The molecule has 3 aromatic rings. The van der Waals surface area contributed by atoms with Crippen LogP contribution in [0.15, 0.2) is 59.7 Å². The number of para-hydroxylation sites is 2. The summed E-state index contributed by atoms with van der Waals surface area (Å²) in [5.74, 6) is 0.871. The topological polar surface area (TPSA) is 76.9 Å². The zero-order valence-corrected chi connectivity index (χ0v) is 12.7. The maximum Gasteiger partial charge on any atom is 0.113 e. The molecule has 0 aliphatic heterocycles. The summed E-state index contributed by atoms with van der Waals surface area (Å²) in [4.78, 5) is 7.93. The number of imidazole rings is 1. The Bertz CT molecular complexity index is 809. The van der Waals surface area contributed by atoms with Crippen molar-refractivity contribution in [2.24, 2.45) is 5.10 Å². The Morgan fingerprint density at radius 2 is 1.91 bits per heavy atom. The third-order valence-corrected chi connectivity index (χ3v) is 3.44. The molecule has 0 saturated heterocycles. The minimum atomic E-state index is 0.427. The summed E-state index contributed by atoms with van der Waals surface area (Å²) in [6, 6.07) is 20.0. The molecule has 2 N–H and O–H groups in total. The molecule has 0 fully saturated rings. The lowest BCUT2D eigenvalue weighted by Crippen LogP contribution is -2.15. The van der Waals surface area contributed by atoms with E-state index >= 15 is 0 Å². The normalized spacial score (nSPS) is 11.3. The van der Waals surface area contributed by atoms with Gasteiger partial charge in [0.25, 0.3) is 0 Å². The van der Waals surface area contributed by atoms with Gasteiger partial charge in [-0.1, -0.05) is 42.5 Å². The Morgan fingerprint density at radius 1 is 1.13 bits per heavy atom. The van der Waals surface area contributed by atoms with Crippen molar-refractivity contribution in [3.05, 3.63) is 66.0 Å². The van der Waals surface area contributed by atoms with Gasteiger partial charge in [0.05, 0.1) is 35.7 Å². The zero-order chi connectivity index (χ0) is 15.9. The maximum absolute atomic E-state index is 8.61. The molecule has 0 aliphatic carbocycles. The predicted octanol–water partition coefficient (Wildman–Crippen LogP) is 3.01. The van der Waals surface area contributed by atoms with Gasteiger partial charge in [-0.25, -0.2) is 4.98 Å². The summed E-state index contributed by atoms with van der Waals surface area (Å²) in [6.45, 7) is 0.535. The van der Waals surface area contributed by atoms with Crippen LogP contribution < -0.4 is 5.43 Å². The average Bonchev–Trinajstić information content (AvgIpc) is 3.01. The fraction of sp³-hybridized carbons (Fsp3) is 0.167. The Balaban J connectivity index is 1.84. The van der Waals surface area contributed by atoms with E-state index in [0.717, 1.165) is 28.1 Å². The second-order valence-corrected chi connectivity index (χ2v) is 5.12. The third-order valence-electron chi connectivity index (χ3n) is 3.44. The summed E-state index contributed by atoms with van der Waals surface area (Å²) >= 11 is 0. The number of aromatic nitrogens is 2. The monoisotopic (exact) mass is 303 g/mol. The molecule has 0 amide bonds. The molecule has 23 heavy (non-hydrogen) atoms. The van der Waals surface area contributed by atoms with Crippen LogP contribution in [0.5, 0.6) is 0 Å². The zero-order valence-electron chi connectivity index (χ0n) is 12.7. The molecular weight excluding hydrogens is 286 g/mol. The van der Waals surface area contributed by atoms with Crippen molar-refractivity contribution in [2.75, 3.05) is 6.54 Å². The van der Waals surface area contributed by atoms with Gasteiger partial charge in [0.15, 0.2) is 0 Å². The summed E-state index contributed by atoms with van der Waals surface area (Å²) in [6.07, 6.45) is 1.02. The summed E-state index contributed by atoms with van der Waals surface area (Å²) in [5, 5.41) is 13.1. The first-order valence-electron chi connectivity index (χ1n) is 7.52. The van der Waals surface area contributed by atoms with Crippen molar-refractivity contribution in [2.45, 2.75) is 12.8 Å². The molecule has 0 atom stereocenters. The van der Waals surface area contributed by atoms with Gasteiger partial charge in [0.2, 0.25) is 0 Å². The van der Waals surface area contributed by atoms with E-state index in [2.05, 4.69) is 26.6 Å². The van der Waals surface area contributed by atoms with E-state index in [0.29, 0.717) is 19.4 Å². The minimum absolute atomic E-state index is 0.427. The highest BCUT2D eigenvalue weighted by atomic mass is 15.3. The first kappa shape index (κ1) is 14.8. The fourth-order valence-electron chi connectivity index (χ4n) is 2.35. The Morgan fingerprint density at radius 3 is 2.70 bits per heavy atom. The van der Waals surface area contributed by atoms with E-state index in [1.54, 1.807) is 0 Å². The van der Waals surface area contributed by atoms with E-state index < -0.39 is 0 Å².